The molecule has 11 heteroatoms. The van der Waals surface area contributed by atoms with Gasteiger partial charge in [0.1, 0.15) is 29.4 Å². The molecule has 0 atom stereocenters. The van der Waals surface area contributed by atoms with Crippen molar-refractivity contribution in [1.29, 1.82) is 0 Å². The average molecular weight is 515 g/mol. The van der Waals surface area contributed by atoms with Crippen molar-refractivity contribution in [3.63, 3.8) is 0 Å². The fourth-order valence-corrected chi connectivity index (χ4v) is 4.78. The van der Waals surface area contributed by atoms with Crippen molar-refractivity contribution in [2.24, 2.45) is 0 Å². The van der Waals surface area contributed by atoms with Crippen LogP contribution < -0.4 is 4.72 Å². The summed E-state index contributed by atoms with van der Waals surface area (Å²) in [6.07, 6.45) is 1.20. The molecule has 0 aliphatic heterocycles. The molecule has 0 radical (unpaired) electrons. The van der Waals surface area contributed by atoms with Crippen LogP contribution in [0.5, 0.6) is 0 Å². The van der Waals surface area contributed by atoms with Crippen LogP contribution in [-0.4, -0.2) is 23.4 Å². The monoisotopic (exact) mass is 514 g/mol. The topological polar surface area (TPSA) is 87.7 Å². The molecule has 5 aromatic rings. The zero-order valence-corrected chi connectivity index (χ0v) is 19.1. The number of anilines is 1. The number of sulfonamides is 1. The quantitative estimate of drug-likeness (QED) is 0.294. The van der Waals surface area contributed by atoms with Gasteiger partial charge in [-0.3, -0.25) is 4.72 Å². The number of rotatable bonds is 5. The number of aromatic nitrogens is 3. The summed E-state index contributed by atoms with van der Waals surface area (Å²) >= 11 is 5.80. The summed E-state index contributed by atoms with van der Waals surface area (Å²) in [5.74, 6) is -2.01. The van der Waals surface area contributed by atoms with Crippen molar-refractivity contribution in [1.82, 2.24) is 15.0 Å². The predicted molar refractivity (Wildman–Crippen MR) is 127 cm³/mol. The first-order valence-electron chi connectivity index (χ1n) is 10.1. The smallest absolute Gasteiger partial charge is 0.261 e. The van der Waals surface area contributed by atoms with Gasteiger partial charge in [0.05, 0.1) is 22.0 Å². The van der Waals surface area contributed by atoms with Gasteiger partial charge >= 0.3 is 0 Å². The van der Waals surface area contributed by atoms with Crippen molar-refractivity contribution in [3.8, 4) is 22.5 Å². The van der Waals surface area contributed by atoms with E-state index in [4.69, 9.17) is 11.6 Å². The molecule has 176 valence electrons. The molecular weight excluding hydrogens is 501 g/mol. The molecule has 2 N–H and O–H groups in total. The highest BCUT2D eigenvalue weighted by Gasteiger charge is 2.18. The highest BCUT2D eigenvalue weighted by molar-refractivity contribution is 7.92. The van der Waals surface area contributed by atoms with Gasteiger partial charge in [0.25, 0.3) is 10.0 Å². The molecule has 2 aromatic heterocycles. The van der Waals surface area contributed by atoms with Crippen LogP contribution in [-0.2, 0) is 10.0 Å². The number of nitrogens with zero attached hydrogens (tertiary/aromatic N) is 2. The first-order chi connectivity index (χ1) is 16.7. The molecule has 0 aliphatic rings. The van der Waals surface area contributed by atoms with Crippen LogP contribution >= 0.6 is 11.6 Å². The Morgan fingerprint density at radius 1 is 0.829 bits per heavy atom. The van der Waals surface area contributed by atoms with Crippen molar-refractivity contribution in [2.75, 3.05) is 4.72 Å². The predicted octanol–water partition coefficient (Wildman–Crippen LogP) is 6.16. The normalized spacial score (nSPS) is 11.7. The second kappa shape index (κ2) is 8.71. The fraction of sp³-hybridized carbons (Fsp3) is 0. The van der Waals surface area contributed by atoms with E-state index in [1.165, 1.54) is 48.8 Å². The number of benzene rings is 3. The Kier molecular flexibility index (Phi) is 5.70. The third-order valence-electron chi connectivity index (χ3n) is 5.24. The van der Waals surface area contributed by atoms with Gasteiger partial charge in [-0.1, -0.05) is 11.6 Å². The summed E-state index contributed by atoms with van der Waals surface area (Å²) in [5.41, 5.74) is 0.785. The van der Waals surface area contributed by atoms with Crippen LogP contribution in [0.25, 0.3) is 33.5 Å². The van der Waals surface area contributed by atoms with Gasteiger partial charge in [0.2, 0.25) is 0 Å². The molecule has 0 saturated heterocycles. The summed E-state index contributed by atoms with van der Waals surface area (Å²) in [7, 11) is -3.97. The van der Waals surface area contributed by atoms with Crippen molar-refractivity contribution < 1.29 is 21.6 Å². The third kappa shape index (κ3) is 4.45. The van der Waals surface area contributed by atoms with Gasteiger partial charge in [-0.25, -0.2) is 31.6 Å². The number of nitrogens with one attached hydrogen (secondary N) is 2. The van der Waals surface area contributed by atoms with E-state index in [1.54, 1.807) is 0 Å². The van der Waals surface area contributed by atoms with Gasteiger partial charge in [-0.15, -0.1) is 0 Å². The van der Waals surface area contributed by atoms with E-state index in [1.807, 2.05) is 0 Å². The van der Waals surface area contributed by atoms with Gasteiger partial charge in [-0.05, 0) is 66.7 Å². The zero-order valence-electron chi connectivity index (χ0n) is 17.6. The van der Waals surface area contributed by atoms with Gasteiger partial charge in [-0.2, -0.15) is 0 Å². The first kappa shape index (κ1) is 22.9. The van der Waals surface area contributed by atoms with Crippen LogP contribution in [0, 0.1) is 17.5 Å². The fourth-order valence-electron chi connectivity index (χ4n) is 3.60. The van der Waals surface area contributed by atoms with Crippen LogP contribution in [0.1, 0.15) is 0 Å². The standard InChI is InChI=1S/C24H14ClF3N4O2S/c25-13-1-5-16(6-2-13)35(33,34)32-15-4-7-17(21(28)10-15)23-19-11-22(31-24(19)30-12-29-23)18-9-14(26)3-8-20(18)27/h1-12,32H,(H,29,30,31). The Morgan fingerprint density at radius 2 is 1.60 bits per heavy atom. The lowest BCUT2D eigenvalue weighted by Crippen LogP contribution is -2.13. The van der Waals surface area contributed by atoms with E-state index in [0.717, 1.165) is 24.3 Å². The minimum atomic E-state index is -3.97. The molecule has 0 amide bonds. The van der Waals surface area contributed by atoms with Gasteiger partial charge in [0, 0.05) is 21.5 Å². The third-order valence-corrected chi connectivity index (χ3v) is 6.89. The van der Waals surface area contributed by atoms with Gasteiger partial charge in [0.15, 0.2) is 0 Å². The maximum absolute atomic E-state index is 15.1. The first-order valence-corrected chi connectivity index (χ1v) is 11.9. The lowest BCUT2D eigenvalue weighted by molar-refractivity contribution is 0.601. The minimum Gasteiger partial charge on any atom is -0.339 e. The maximum Gasteiger partial charge on any atom is 0.261 e. The maximum atomic E-state index is 15.1. The minimum absolute atomic E-state index is 0.00286. The molecular formula is C24H14ClF3N4O2S. The highest BCUT2D eigenvalue weighted by Crippen LogP contribution is 2.33. The molecule has 6 nitrogen and oxygen atoms in total. The Morgan fingerprint density at radius 3 is 2.34 bits per heavy atom. The zero-order chi connectivity index (χ0) is 24.7. The Balaban J connectivity index is 1.51. The molecule has 0 aliphatic carbocycles. The number of fused-ring (bicyclic) bond motifs is 1. The van der Waals surface area contributed by atoms with Crippen LogP contribution in [0.4, 0.5) is 18.9 Å². The molecule has 0 spiro atoms. The molecule has 0 fully saturated rings. The lowest BCUT2D eigenvalue weighted by Gasteiger charge is -2.10. The molecule has 3 aromatic carbocycles. The Labute approximate surface area is 202 Å². The molecule has 35 heavy (non-hydrogen) atoms. The van der Waals surface area contributed by atoms with Gasteiger partial charge < -0.3 is 4.98 Å². The van der Waals surface area contributed by atoms with E-state index in [0.29, 0.717) is 16.1 Å². The lowest BCUT2D eigenvalue weighted by atomic mass is 10.1. The van der Waals surface area contributed by atoms with E-state index in [-0.39, 0.29) is 33.1 Å². The van der Waals surface area contributed by atoms with E-state index >= 15 is 4.39 Å². The summed E-state index contributed by atoms with van der Waals surface area (Å²) in [6.45, 7) is 0. The summed E-state index contributed by atoms with van der Waals surface area (Å²) in [4.78, 5) is 11.1. The van der Waals surface area contributed by atoms with Crippen molar-refractivity contribution in [3.05, 3.63) is 95.5 Å². The molecule has 2 heterocycles. The summed E-state index contributed by atoms with van der Waals surface area (Å²) < 4.78 is 70.5. The number of hydrogen-bond donors (Lipinski definition) is 2. The Bertz CT molecular complexity index is 1690. The largest absolute Gasteiger partial charge is 0.339 e. The van der Waals surface area contributed by atoms with Crippen LogP contribution in [0.15, 0.2) is 78.0 Å². The highest BCUT2D eigenvalue weighted by atomic mass is 35.5. The van der Waals surface area contributed by atoms with Crippen molar-refractivity contribution in [2.45, 2.75) is 4.90 Å². The van der Waals surface area contributed by atoms with Crippen LogP contribution in [0.2, 0.25) is 5.02 Å². The SMILES string of the molecule is O=S(=O)(Nc1ccc(-c2ncnc3[nH]c(-c4cc(F)ccc4F)cc23)c(F)c1)c1ccc(Cl)cc1. The van der Waals surface area contributed by atoms with E-state index in [9.17, 15) is 17.2 Å². The number of hydrogen-bond acceptors (Lipinski definition) is 4. The summed E-state index contributed by atoms with van der Waals surface area (Å²) in [6, 6.07) is 13.9. The second-order valence-electron chi connectivity index (χ2n) is 7.55. The molecule has 0 bridgehead atoms. The second-order valence-corrected chi connectivity index (χ2v) is 9.66. The van der Waals surface area contributed by atoms with E-state index < -0.39 is 27.5 Å². The average Bonchev–Trinajstić information content (AvgIpc) is 3.25. The number of halogens is 4. The number of aromatic amines is 1. The molecule has 0 unspecified atom stereocenters. The summed E-state index contributed by atoms with van der Waals surface area (Å²) in [5, 5.41) is 0.753. The molecule has 5 rings (SSSR count). The van der Waals surface area contributed by atoms with Crippen LogP contribution in [0.3, 0.4) is 0 Å². The molecule has 0 saturated carbocycles. The van der Waals surface area contributed by atoms with Crippen molar-refractivity contribution >= 4 is 38.3 Å². The van der Waals surface area contributed by atoms with E-state index in [2.05, 4.69) is 19.7 Å². The Hall–Kier alpha value is -3.89. The number of H-pyrrole nitrogens is 1.